The number of hydrogen-bond acceptors (Lipinski definition) is 2. The van der Waals surface area contributed by atoms with E-state index in [4.69, 9.17) is 9.84 Å². The monoisotopic (exact) mass is 265 g/mol. The highest BCUT2D eigenvalue weighted by Gasteiger charge is 2.28. The summed E-state index contributed by atoms with van der Waals surface area (Å²) in [7, 11) is 0. The van der Waals surface area contributed by atoms with E-state index < -0.39 is 12.3 Å². The molecule has 1 heterocycles. The van der Waals surface area contributed by atoms with Gasteiger partial charge < -0.3 is 14.7 Å². The minimum atomic E-state index is -1.27. The maximum atomic E-state index is 14.0. The molecule has 1 saturated carbocycles. The van der Waals surface area contributed by atoms with E-state index >= 15 is 0 Å². The SMILES string of the molecule is O=C(O)N1Cc2ccc(OCC3CC3)cc2C(F)C1. The molecule has 1 atom stereocenters. The lowest BCUT2D eigenvalue weighted by Gasteiger charge is -2.29. The van der Waals surface area contributed by atoms with Gasteiger partial charge in [0.15, 0.2) is 0 Å². The second-order valence-electron chi connectivity index (χ2n) is 5.25. The van der Waals surface area contributed by atoms with Crippen LogP contribution in [0, 0.1) is 5.92 Å². The van der Waals surface area contributed by atoms with E-state index in [1.165, 1.54) is 12.8 Å². The van der Waals surface area contributed by atoms with Gasteiger partial charge in [0.05, 0.1) is 13.2 Å². The Labute approximate surface area is 110 Å². The van der Waals surface area contributed by atoms with Gasteiger partial charge in [0.25, 0.3) is 0 Å². The number of ether oxygens (including phenoxy) is 1. The number of benzene rings is 1. The van der Waals surface area contributed by atoms with Crippen LogP contribution in [0.5, 0.6) is 5.75 Å². The van der Waals surface area contributed by atoms with Gasteiger partial charge >= 0.3 is 6.09 Å². The number of carbonyl (C=O) groups is 1. The van der Waals surface area contributed by atoms with Gasteiger partial charge in [-0.25, -0.2) is 9.18 Å². The van der Waals surface area contributed by atoms with Crippen LogP contribution in [-0.2, 0) is 6.54 Å². The Bertz CT molecular complexity index is 501. The first-order valence-electron chi connectivity index (χ1n) is 6.51. The Kier molecular flexibility index (Phi) is 3.05. The molecule has 1 aliphatic heterocycles. The summed E-state index contributed by atoms with van der Waals surface area (Å²) in [6, 6.07) is 5.26. The van der Waals surface area contributed by atoms with Gasteiger partial charge in [-0.05, 0) is 42.0 Å². The van der Waals surface area contributed by atoms with Crippen LogP contribution < -0.4 is 4.74 Å². The summed E-state index contributed by atoms with van der Waals surface area (Å²) >= 11 is 0. The van der Waals surface area contributed by atoms with Crippen LogP contribution in [0.15, 0.2) is 18.2 Å². The predicted molar refractivity (Wildman–Crippen MR) is 66.9 cm³/mol. The molecule has 1 aliphatic carbocycles. The summed E-state index contributed by atoms with van der Waals surface area (Å²) in [5.74, 6) is 1.33. The van der Waals surface area contributed by atoms with Crippen LogP contribution >= 0.6 is 0 Å². The van der Waals surface area contributed by atoms with E-state index in [1.807, 2.05) is 0 Å². The van der Waals surface area contributed by atoms with Crippen molar-refractivity contribution in [2.75, 3.05) is 13.2 Å². The second-order valence-corrected chi connectivity index (χ2v) is 5.25. The largest absolute Gasteiger partial charge is 0.493 e. The standard InChI is InChI=1S/C14H16FNO3/c15-13-7-16(14(17)18)6-10-3-4-11(5-12(10)13)19-8-9-1-2-9/h3-5,9,13H,1-2,6-8H2,(H,17,18). The molecular formula is C14H16FNO3. The maximum absolute atomic E-state index is 14.0. The molecule has 1 amide bonds. The second kappa shape index (κ2) is 4.72. The van der Waals surface area contributed by atoms with Crippen LogP contribution in [0.25, 0.3) is 0 Å². The first kappa shape index (κ1) is 12.3. The van der Waals surface area contributed by atoms with E-state index in [1.54, 1.807) is 18.2 Å². The molecule has 4 nitrogen and oxygen atoms in total. The molecule has 0 radical (unpaired) electrons. The molecule has 0 bridgehead atoms. The summed E-state index contributed by atoms with van der Waals surface area (Å²) in [6.45, 7) is 0.833. The summed E-state index contributed by atoms with van der Waals surface area (Å²) in [5.41, 5.74) is 1.28. The average Bonchev–Trinajstić information content (AvgIpc) is 3.20. The van der Waals surface area contributed by atoms with Crippen LogP contribution in [0.2, 0.25) is 0 Å². The fourth-order valence-corrected chi connectivity index (χ4v) is 2.30. The van der Waals surface area contributed by atoms with Crippen molar-refractivity contribution < 1.29 is 19.0 Å². The van der Waals surface area contributed by atoms with Crippen molar-refractivity contribution in [2.24, 2.45) is 5.92 Å². The number of rotatable bonds is 3. The van der Waals surface area contributed by atoms with Crippen LogP contribution in [0.3, 0.4) is 0 Å². The lowest BCUT2D eigenvalue weighted by Crippen LogP contribution is -2.36. The normalized spacial score (nSPS) is 21.9. The Morgan fingerprint density at radius 3 is 2.95 bits per heavy atom. The van der Waals surface area contributed by atoms with Crippen molar-refractivity contribution in [3.63, 3.8) is 0 Å². The smallest absolute Gasteiger partial charge is 0.407 e. The number of alkyl halides is 1. The fourth-order valence-electron chi connectivity index (χ4n) is 2.30. The lowest BCUT2D eigenvalue weighted by molar-refractivity contribution is 0.117. The van der Waals surface area contributed by atoms with Crippen LogP contribution in [-0.4, -0.2) is 29.3 Å². The van der Waals surface area contributed by atoms with Crippen LogP contribution in [0.1, 0.15) is 30.1 Å². The molecule has 5 heteroatoms. The molecule has 102 valence electrons. The topological polar surface area (TPSA) is 49.8 Å². The summed E-state index contributed by atoms with van der Waals surface area (Å²) in [5, 5.41) is 8.92. The van der Waals surface area contributed by atoms with Crippen molar-refractivity contribution >= 4 is 6.09 Å². The average molecular weight is 265 g/mol. The summed E-state index contributed by atoms with van der Waals surface area (Å²) in [4.78, 5) is 12.0. The third-order valence-corrected chi connectivity index (χ3v) is 3.65. The van der Waals surface area contributed by atoms with Gasteiger partial charge in [-0.3, -0.25) is 0 Å². The van der Waals surface area contributed by atoms with Crippen molar-refractivity contribution in [2.45, 2.75) is 25.6 Å². The Morgan fingerprint density at radius 1 is 1.47 bits per heavy atom. The van der Waals surface area contributed by atoms with Gasteiger partial charge in [-0.1, -0.05) is 6.07 Å². The molecule has 0 spiro atoms. The maximum Gasteiger partial charge on any atom is 0.407 e. The zero-order chi connectivity index (χ0) is 13.4. The van der Waals surface area contributed by atoms with E-state index in [-0.39, 0.29) is 13.1 Å². The molecule has 1 fully saturated rings. The van der Waals surface area contributed by atoms with Gasteiger partial charge in [-0.15, -0.1) is 0 Å². The minimum Gasteiger partial charge on any atom is -0.493 e. The molecule has 1 unspecified atom stereocenters. The van der Waals surface area contributed by atoms with E-state index in [9.17, 15) is 9.18 Å². The Hall–Kier alpha value is -1.78. The number of carboxylic acid groups (broad SMARTS) is 1. The van der Waals surface area contributed by atoms with Crippen molar-refractivity contribution in [1.29, 1.82) is 0 Å². The number of amides is 1. The minimum absolute atomic E-state index is 0.103. The highest BCUT2D eigenvalue weighted by molar-refractivity contribution is 5.65. The van der Waals surface area contributed by atoms with Crippen LogP contribution in [0.4, 0.5) is 9.18 Å². The van der Waals surface area contributed by atoms with Crippen molar-refractivity contribution in [1.82, 2.24) is 4.90 Å². The molecule has 19 heavy (non-hydrogen) atoms. The predicted octanol–water partition coefficient (Wildman–Crippen LogP) is 2.98. The van der Waals surface area contributed by atoms with Crippen molar-refractivity contribution in [3.8, 4) is 5.75 Å². The van der Waals surface area contributed by atoms with Gasteiger partial charge in [0.2, 0.25) is 0 Å². The highest BCUT2D eigenvalue weighted by atomic mass is 19.1. The number of halogens is 1. The molecule has 1 aromatic rings. The van der Waals surface area contributed by atoms with Gasteiger partial charge in [0.1, 0.15) is 11.9 Å². The third-order valence-electron chi connectivity index (χ3n) is 3.65. The van der Waals surface area contributed by atoms with E-state index in [2.05, 4.69) is 0 Å². The zero-order valence-electron chi connectivity index (χ0n) is 10.5. The molecule has 2 aliphatic rings. The molecule has 0 saturated heterocycles. The first-order chi connectivity index (χ1) is 9.13. The molecule has 1 aromatic carbocycles. The number of hydrogen-bond donors (Lipinski definition) is 1. The third kappa shape index (κ3) is 2.64. The molecular weight excluding hydrogens is 249 g/mol. The Balaban J connectivity index is 1.76. The quantitative estimate of drug-likeness (QED) is 0.914. The zero-order valence-corrected chi connectivity index (χ0v) is 10.5. The van der Waals surface area contributed by atoms with Gasteiger partial charge in [-0.2, -0.15) is 0 Å². The van der Waals surface area contributed by atoms with Crippen molar-refractivity contribution in [3.05, 3.63) is 29.3 Å². The summed E-state index contributed by atoms with van der Waals surface area (Å²) < 4.78 is 19.6. The van der Waals surface area contributed by atoms with E-state index in [0.717, 1.165) is 10.5 Å². The summed E-state index contributed by atoms with van der Waals surface area (Å²) in [6.07, 6.45) is 0.0702. The van der Waals surface area contributed by atoms with E-state index in [0.29, 0.717) is 23.8 Å². The highest BCUT2D eigenvalue weighted by Crippen LogP contribution is 2.34. The molecule has 3 rings (SSSR count). The fraction of sp³-hybridized carbons (Fsp3) is 0.500. The van der Waals surface area contributed by atoms with Gasteiger partial charge in [0, 0.05) is 6.54 Å². The molecule has 0 aromatic heterocycles. The Morgan fingerprint density at radius 2 is 2.26 bits per heavy atom. The molecule has 1 N–H and O–H groups in total. The number of fused-ring (bicyclic) bond motifs is 1. The number of nitrogens with zero attached hydrogens (tertiary/aromatic N) is 1. The first-order valence-corrected chi connectivity index (χ1v) is 6.51. The lowest BCUT2D eigenvalue weighted by atomic mass is 9.98.